The topological polar surface area (TPSA) is 63.7 Å². The molecule has 6 nitrogen and oxygen atoms in total. The van der Waals surface area contributed by atoms with Gasteiger partial charge < -0.3 is 19.7 Å². The molecule has 1 atom stereocenters. The highest BCUT2D eigenvalue weighted by Gasteiger charge is 2.20. The summed E-state index contributed by atoms with van der Waals surface area (Å²) in [6, 6.07) is 11.9. The summed E-state index contributed by atoms with van der Waals surface area (Å²) in [5.74, 6) is 2.20. The maximum absolute atomic E-state index is 12.4. The Morgan fingerprint density at radius 2 is 2.04 bits per heavy atom. The molecule has 0 spiro atoms. The van der Waals surface area contributed by atoms with E-state index in [0.29, 0.717) is 44.4 Å². The van der Waals surface area contributed by atoms with E-state index in [0.717, 1.165) is 24.5 Å². The molecule has 26 heavy (non-hydrogen) atoms. The van der Waals surface area contributed by atoms with Crippen LogP contribution in [0.5, 0.6) is 5.75 Å². The number of amides is 1. The molecule has 1 unspecified atom stereocenters. The van der Waals surface area contributed by atoms with E-state index < -0.39 is 0 Å². The highest BCUT2D eigenvalue weighted by Crippen LogP contribution is 2.26. The van der Waals surface area contributed by atoms with Gasteiger partial charge in [-0.25, -0.2) is 4.98 Å². The number of morpholine rings is 1. The number of hydrogen-bond donors (Lipinski definition) is 1. The number of rotatable bonds is 4. The molecule has 1 amide bonds. The number of para-hydroxylation sites is 1. The first-order valence-electron chi connectivity index (χ1n) is 9.07. The van der Waals surface area contributed by atoms with Gasteiger partial charge in [0.1, 0.15) is 11.6 Å². The van der Waals surface area contributed by atoms with Gasteiger partial charge in [-0.1, -0.05) is 18.2 Å². The van der Waals surface area contributed by atoms with Crippen LogP contribution in [0.25, 0.3) is 0 Å². The van der Waals surface area contributed by atoms with Crippen molar-refractivity contribution >= 4 is 11.7 Å². The average molecular weight is 353 g/mol. The predicted molar refractivity (Wildman–Crippen MR) is 98.6 cm³/mol. The van der Waals surface area contributed by atoms with E-state index in [4.69, 9.17) is 9.47 Å². The summed E-state index contributed by atoms with van der Waals surface area (Å²) in [4.78, 5) is 18.6. The largest absolute Gasteiger partial charge is 0.493 e. The van der Waals surface area contributed by atoms with Gasteiger partial charge in [0.15, 0.2) is 0 Å². The average Bonchev–Trinajstić information content (AvgIpc) is 2.72. The number of nitrogens with zero attached hydrogens (tertiary/aromatic N) is 2. The molecule has 0 saturated carbocycles. The number of pyridine rings is 1. The minimum Gasteiger partial charge on any atom is -0.493 e. The molecule has 136 valence electrons. The zero-order chi connectivity index (χ0) is 17.8. The first-order chi connectivity index (χ1) is 12.8. The molecule has 1 aromatic carbocycles. The highest BCUT2D eigenvalue weighted by atomic mass is 16.5. The zero-order valence-corrected chi connectivity index (χ0v) is 14.7. The third-order valence-corrected chi connectivity index (χ3v) is 4.84. The van der Waals surface area contributed by atoms with Crippen molar-refractivity contribution < 1.29 is 14.3 Å². The van der Waals surface area contributed by atoms with Crippen LogP contribution in [0.1, 0.15) is 15.9 Å². The molecule has 2 aromatic rings. The highest BCUT2D eigenvalue weighted by molar-refractivity contribution is 5.94. The molecule has 2 aliphatic heterocycles. The molecule has 1 N–H and O–H groups in total. The first kappa shape index (κ1) is 16.8. The molecule has 0 radical (unpaired) electrons. The van der Waals surface area contributed by atoms with Crippen molar-refractivity contribution in [2.75, 3.05) is 44.8 Å². The van der Waals surface area contributed by atoms with Gasteiger partial charge in [-0.2, -0.15) is 0 Å². The van der Waals surface area contributed by atoms with Gasteiger partial charge in [0.2, 0.25) is 0 Å². The summed E-state index contributed by atoms with van der Waals surface area (Å²) < 4.78 is 11.1. The van der Waals surface area contributed by atoms with E-state index in [1.807, 2.05) is 35.2 Å². The Kier molecular flexibility index (Phi) is 5.02. The standard InChI is InChI=1S/C20H23N3O3/c24-20(23-7-9-25-10-8-23)17-5-6-19(22-13-17)21-12-15-11-16-3-1-2-4-18(16)26-14-15/h1-6,13,15H,7-12,14H2,(H,21,22). The quantitative estimate of drug-likeness (QED) is 0.913. The number of carbonyl (C=O) groups is 1. The number of benzene rings is 1. The first-order valence-corrected chi connectivity index (χ1v) is 9.07. The van der Waals surface area contributed by atoms with Gasteiger partial charge >= 0.3 is 0 Å². The van der Waals surface area contributed by atoms with Crippen molar-refractivity contribution in [3.05, 3.63) is 53.7 Å². The van der Waals surface area contributed by atoms with Crippen LogP contribution in [0.4, 0.5) is 5.82 Å². The predicted octanol–water partition coefficient (Wildman–Crippen LogP) is 2.22. The van der Waals surface area contributed by atoms with E-state index in [1.165, 1.54) is 5.56 Å². The summed E-state index contributed by atoms with van der Waals surface area (Å²) in [5.41, 5.74) is 1.87. The monoisotopic (exact) mass is 353 g/mol. The summed E-state index contributed by atoms with van der Waals surface area (Å²) in [5, 5.41) is 3.35. The number of nitrogens with one attached hydrogen (secondary N) is 1. The minimum atomic E-state index is 0.0182. The van der Waals surface area contributed by atoms with Gasteiger partial charge in [0, 0.05) is 31.7 Å². The molecule has 1 saturated heterocycles. The number of aromatic nitrogens is 1. The maximum atomic E-state index is 12.4. The Morgan fingerprint density at radius 3 is 2.85 bits per heavy atom. The number of hydrogen-bond acceptors (Lipinski definition) is 5. The molecule has 4 rings (SSSR count). The lowest BCUT2D eigenvalue weighted by atomic mass is 9.97. The Morgan fingerprint density at radius 1 is 1.19 bits per heavy atom. The van der Waals surface area contributed by atoms with E-state index in [1.54, 1.807) is 6.20 Å². The van der Waals surface area contributed by atoms with Crippen LogP contribution in [0.15, 0.2) is 42.6 Å². The molecular formula is C20H23N3O3. The van der Waals surface area contributed by atoms with Crippen LogP contribution < -0.4 is 10.1 Å². The molecule has 1 aromatic heterocycles. The number of ether oxygens (including phenoxy) is 2. The molecular weight excluding hydrogens is 330 g/mol. The summed E-state index contributed by atoms with van der Waals surface area (Å²) in [7, 11) is 0. The van der Waals surface area contributed by atoms with E-state index in [9.17, 15) is 4.79 Å². The molecule has 3 heterocycles. The Hall–Kier alpha value is -2.60. The Labute approximate surface area is 153 Å². The van der Waals surface area contributed by atoms with E-state index in [2.05, 4.69) is 16.4 Å². The molecule has 0 bridgehead atoms. The van der Waals surface area contributed by atoms with E-state index >= 15 is 0 Å². The summed E-state index contributed by atoms with van der Waals surface area (Å²) in [6.07, 6.45) is 2.64. The third kappa shape index (κ3) is 3.80. The van der Waals surface area contributed by atoms with Gasteiger partial charge in [0.05, 0.1) is 25.4 Å². The molecule has 0 aliphatic carbocycles. The molecule has 2 aliphatic rings. The van der Waals surface area contributed by atoms with Gasteiger partial charge in [-0.15, -0.1) is 0 Å². The fourth-order valence-electron chi connectivity index (χ4n) is 3.34. The number of fused-ring (bicyclic) bond motifs is 1. The lowest BCUT2D eigenvalue weighted by Crippen LogP contribution is -2.40. The smallest absolute Gasteiger partial charge is 0.255 e. The van der Waals surface area contributed by atoms with Gasteiger partial charge in [-0.3, -0.25) is 4.79 Å². The van der Waals surface area contributed by atoms with Crippen molar-refractivity contribution in [3.63, 3.8) is 0 Å². The van der Waals surface area contributed by atoms with Crippen molar-refractivity contribution in [1.29, 1.82) is 0 Å². The van der Waals surface area contributed by atoms with Crippen LogP contribution in [0.2, 0.25) is 0 Å². The lowest BCUT2D eigenvalue weighted by molar-refractivity contribution is 0.0302. The Bertz CT molecular complexity index is 757. The van der Waals surface area contributed by atoms with Crippen LogP contribution in [-0.4, -0.2) is 55.2 Å². The fraction of sp³-hybridized carbons (Fsp3) is 0.400. The SMILES string of the molecule is O=C(c1ccc(NCC2COc3ccccc3C2)nc1)N1CCOCC1. The minimum absolute atomic E-state index is 0.0182. The summed E-state index contributed by atoms with van der Waals surface area (Å²) in [6.45, 7) is 3.98. The molecule has 6 heteroatoms. The second-order valence-corrected chi connectivity index (χ2v) is 6.71. The van der Waals surface area contributed by atoms with Crippen LogP contribution in [0.3, 0.4) is 0 Å². The second-order valence-electron chi connectivity index (χ2n) is 6.71. The van der Waals surface area contributed by atoms with Crippen molar-refractivity contribution in [2.24, 2.45) is 5.92 Å². The number of carbonyl (C=O) groups excluding carboxylic acids is 1. The zero-order valence-electron chi connectivity index (χ0n) is 14.7. The van der Waals surface area contributed by atoms with Crippen LogP contribution >= 0.6 is 0 Å². The lowest BCUT2D eigenvalue weighted by Gasteiger charge is -2.27. The van der Waals surface area contributed by atoms with Gasteiger partial charge in [0.25, 0.3) is 5.91 Å². The van der Waals surface area contributed by atoms with Crippen molar-refractivity contribution in [2.45, 2.75) is 6.42 Å². The van der Waals surface area contributed by atoms with Crippen LogP contribution in [0, 0.1) is 5.92 Å². The summed E-state index contributed by atoms with van der Waals surface area (Å²) >= 11 is 0. The van der Waals surface area contributed by atoms with Crippen LogP contribution in [-0.2, 0) is 11.2 Å². The molecule has 1 fully saturated rings. The second kappa shape index (κ2) is 7.74. The van der Waals surface area contributed by atoms with Gasteiger partial charge in [-0.05, 0) is 30.2 Å². The van der Waals surface area contributed by atoms with Crippen molar-refractivity contribution in [3.8, 4) is 5.75 Å². The van der Waals surface area contributed by atoms with E-state index in [-0.39, 0.29) is 5.91 Å². The number of anilines is 1. The van der Waals surface area contributed by atoms with Crippen molar-refractivity contribution in [1.82, 2.24) is 9.88 Å². The fourth-order valence-corrected chi connectivity index (χ4v) is 3.34. The maximum Gasteiger partial charge on any atom is 0.255 e. The third-order valence-electron chi connectivity index (χ3n) is 4.84. The Balaban J connectivity index is 1.31. The normalized spacial score (nSPS) is 19.4.